The number of aliphatic hydroxyl groups excluding tert-OH is 1. The van der Waals surface area contributed by atoms with Gasteiger partial charge in [-0.2, -0.15) is 0 Å². The zero-order valence-corrected chi connectivity index (χ0v) is 14.0. The number of benzene rings is 1. The Balaban J connectivity index is 2.02. The molecule has 0 spiro atoms. The van der Waals surface area contributed by atoms with Crippen molar-refractivity contribution < 1.29 is 23.8 Å². The first-order chi connectivity index (χ1) is 12.5. The highest BCUT2D eigenvalue weighted by molar-refractivity contribution is 6.08. The largest absolute Gasteiger partial charge is 0.466 e. The van der Waals surface area contributed by atoms with Crippen LogP contribution in [0.15, 0.2) is 48.2 Å². The van der Waals surface area contributed by atoms with E-state index >= 15 is 0 Å². The second kappa shape index (κ2) is 7.36. The Morgan fingerprint density at radius 3 is 2.92 bits per heavy atom. The van der Waals surface area contributed by atoms with Gasteiger partial charge in [0.2, 0.25) is 0 Å². The van der Waals surface area contributed by atoms with Crippen molar-refractivity contribution in [3.8, 4) is 5.69 Å². The maximum Gasteiger partial charge on any atom is 0.337 e. The Kier molecular flexibility index (Phi) is 4.99. The number of halogens is 1. The maximum absolute atomic E-state index is 13.8. The van der Waals surface area contributed by atoms with Gasteiger partial charge in [0.15, 0.2) is 0 Å². The van der Waals surface area contributed by atoms with E-state index in [9.17, 15) is 14.0 Å². The number of imidazole rings is 1. The van der Waals surface area contributed by atoms with E-state index < -0.39 is 17.7 Å². The minimum Gasteiger partial charge on any atom is -0.466 e. The molecule has 2 heterocycles. The molecule has 0 bridgehead atoms. The number of β-amino-alcohol motifs (C(OH)–C–C–N with tert-alkyl or cyclic N) is 1. The molecule has 1 aromatic carbocycles. The Hall–Kier alpha value is -3.20. The van der Waals surface area contributed by atoms with Gasteiger partial charge in [0.1, 0.15) is 11.5 Å². The molecule has 0 aliphatic carbocycles. The molecule has 0 saturated carbocycles. The molecular weight excluding hydrogens is 343 g/mol. The van der Waals surface area contributed by atoms with E-state index in [0.29, 0.717) is 11.4 Å². The number of amides is 1. The second-order valence-corrected chi connectivity index (χ2v) is 5.55. The average Bonchev–Trinajstić information content (AvgIpc) is 3.26. The second-order valence-electron chi connectivity index (χ2n) is 5.55. The van der Waals surface area contributed by atoms with Gasteiger partial charge >= 0.3 is 5.97 Å². The van der Waals surface area contributed by atoms with Gasteiger partial charge in [0, 0.05) is 18.9 Å². The number of ether oxygens (including phenoxy) is 1. The summed E-state index contributed by atoms with van der Waals surface area (Å²) in [7, 11) is 1.21. The Labute approximate surface area is 148 Å². The van der Waals surface area contributed by atoms with Gasteiger partial charge in [-0.15, -0.1) is 0 Å². The lowest BCUT2D eigenvalue weighted by molar-refractivity contribution is -0.136. The summed E-state index contributed by atoms with van der Waals surface area (Å²) < 4.78 is 20.2. The number of aliphatic hydroxyl groups is 1. The third-order valence-electron chi connectivity index (χ3n) is 3.95. The Bertz CT molecular complexity index is 864. The van der Waals surface area contributed by atoms with Crippen molar-refractivity contribution in [1.29, 1.82) is 0 Å². The van der Waals surface area contributed by atoms with Gasteiger partial charge in [-0.1, -0.05) is 0 Å². The number of aromatic nitrogens is 2. The van der Waals surface area contributed by atoms with Crippen molar-refractivity contribution in [2.45, 2.75) is 0 Å². The van der Waals surface area contributed by atoms with Crippen LogP contribution in [0.2, 0.25) is 0 Å². The maximum atomic E-state index is 13.8. The number of carbonyl (C=O) groups excluding carboxylic acids is 2. The molecule has 8 nitrogen and oxygen atoms in total. The molecule has 0 radical (unpaired) electrons. The van der Waals surface area contributed by atoms with Gasteiger partial charge < -0.3 is 24.6 Å². The number of methoxy groups -OCH3 is 1. The number of hydrogen-bond donors (Lipinski definition) is 2. The van der Waals surface area contributed by atoms with Crippen LogP contribution in [0.3, 0.4) is 0 Å². The summed E-state index contributed by atoms with van der Waals surface area (Å²) in [6.45, 7) is -0.167. The standard InChI is InChI=1S/C17H17FN4O4/c1-26-17(25)12-9-21(6-7-23)16(24)15(12)20-13-8-11(18)2-3-14(13)22-5-4-19-10-22/h2-5,8,10,20,23H,6-7,9H2,1H3. The van der Waals surface area contributed by atoms with Crippen LogP contribution in [-0.2, 0) is 14.3 Å². The molecule has 9 heteroatoms. The Morgan fingerprint density at radius 1 is 1.46 bits per heavy atom. The molecule has 0 unspecified atom stereocenters. The summed E-state index contributed by atoms with van der Waals surface area (Å²) in [5, 5.41) is 12.0. The van der Waals surface area contributed by atoms with E-state index in [2.05, 4.69) is 10.3 Å². The van der Waals surface area contributed by atoms with E-state index in [0.717, 1.165) is 0 Å². The van der Waals surface area contributed by atoms with Crippen LogP contribution >= 0.6 is 0 Å². The number of hydrogen-bond acceptors (Lipinski definition) is 6. The molecule has 136 valence electrons. The zero-order chi connectivity index (χ0) is 18.7. The van der Waals surface area contributed by atoms with Crippen molar-refractivity contribution in [2.75, 3.05) is 32.1 Å². The van der Waals surface area contributed by atoms with Gasteiger partial charge in [-0.25, -0.2) is 14.2 Å². The molecule has 0 saturated heterocycles. The van der Waals surface area contributed by atoms with Crippen molar-refractivity contribution in [2.24, 2.45) is 0 Å². The molecule has 1 aromatic heterocycles. The summed E-state index contributed by atoms with van der Waals surface area (Å²) in [5.74, 6) is -1.64. The fraction of sp³-hybridized carbons (Fsp3) is 0.235. The lowest BCUT2D eigenvalue weighted by Gasteiger charge is -2.16. The third kappa shape index (κ3) is 3.29. The third-order valence-corrected chi connectivity index (χ3v) is 3.95. The highest BCUT2D eigenvalue weighted by atomic mass is 19.1. The van der Waals surface area contributed by atoms with Crippen molar-refractivity contribution in [1.82, 2.24) is 14.5 Å². The predicted molar refractivity (Wildman–Crippen MR) is 89.9 cm³/mol. The lowest BCUT2D eigenvalue weighted by atomic mass is 10.2. The quantitative estimate of drug-likeness (QED) is 0.736. The van der Waals surface area contributed by atoms with Gasteiger partial charge in [-0.3, -0.25) is 4.79 Å². The van der Waals surface area contributed by atoms with Crippen LogP contribution in [-0.4, -0.2) is 58.2 Å². The molecule has 1 aliphatic heterocycles. The molecule has 2 aromatic rings. The first-order valence-electron chi connectivity index (χ1n) is 7.81. The van der Waals surface area contributed by atoms with Crippen molar-refractivity contribution in [3.63, 3.8) is 0 Å². The number of rotatable bonds is 6. The molecule has 2 N–H and O–H groups in total. The van der Waals surface area contributed by atoms with E-state index in [4.69, 9.17) is 9.84 Å². The molecule has 1 amide bonds. The minimum absolute atomic E-state index is 0.00253. The summed E-state index contributed by atoms with van der Waals surface area (Å²) in [6, 6.07) is 4.03. The van der Waals surface area contributed by atoms with Gasteiger partial charge in [0.05, 0.1) is 43.5 Å². The SMILES string of the molecule is COC(=O)C1=C(Nc2cc(F)ccc2-n2ccnc2)C(=O)N(CCO)C1. The normalized spacial score (nSPS) is 14.1. The van der Waals surface area contributed by atoms with Crippen LogP contribution in [0, 0.1) is 5.82 Å². The van der Waals surface area contributed by atoms with Crippen LogP contribution in [0.4, 0.5) is 10.1 Å². The average molecular weight is 360 g/mol. The topological polar surface area (TPSA) is 96.7 Å². The zero-order valence-electron chi connectivity index (χ0n) is 14.0. The van der Waals surface area contributed by atoms with Crippen LogP contribution < -0.4 is 5.32 Å². The van der Waals surface area contributed by atoms with Crippen LogP contribution in [0.5, 0.6) is 0 Å². The van der Waals surface area contributed by atoms with Crippen LogP contribution in [0.25, 0.3) is 5.69 Å². The Morgan fingerprint density at radius 2 is 2.27 bits per heavy atom. The minimum atomic E-state index is -0.665. The highest BCUT2D eigenvalue weighted by Crippen LogP contribution is 2.27. The molecule has 0 atom stereocenters. The molecular formula is C17H17FN4O4. The summed E-state index contributed by atoms with van der Waals surface area (Å²) >= 11 is 0. The monoisotopic (exact) mass is 360 g/mol. The number of nitrogens with zero attached hydrogens (tertiary/aromatic N) is 3. The molecule has 0 fully saturated rings. The molecule has 1 aliphatic rings. The van der Waals surface area contributed by atoms with Gasteiger partial charge in [-0.05, 0) is 18.2 Å². The number of esters is 1. The fourth-order valence-corrected chi connectivity index (χ4v) is 2.72. The van der Waals surface area contributed by atoms with Crippen LogP contribution in [0.1, 0.15) is 0 Å². The molecule has 26 heavy (non-hydrogen) atoms. The van der Waals surface area contributed by atoms with Crippen molar-refractivity contribution in [3.05, 3.63) is 54.0 Å². The van der Waals surface area contributed by atoms with E-state index in [1.54, 1.807) is 17.0 Å². The number of nitrogens with one attached hydrogen (secondary N) is 1. The smallest absolute Gasteiger partial charge is 0.337 e. The van der Waals surface area contributed by atoms with Crippen molar-refractivity contribution >= 4 is 17.6 Å². The summed E-state index contributed by atoms with van der Waals surface area (Å²) in [4.78, 5) is 29.9. The van der Waals surface area contributed by atoms with E-state index in [-0.39, 0.29) is 31.0 Å². The summed E-state index contributed by atoms with van der Waals surface area (Å²) in [5.41, 5.74) is 0.955. The predicted octanol–water partition coefficient (Wildman–Crippen LogP) is 0.685. The first kappa shape index (κ1) is 17.6. The number of anilines is 1. The first-order valence-corrected chi connectivity index (χ1v) is 7.81. The lowest BCUT2D eigenvalue weighted by Crippen LogP contribution is -2.31. The van der Waals surface area contributed by atoms with E-state index in [1.165, 1.54) is 36.5 Å². The highest BCUT2D eigenvalue weighted by Gasteiger charge is 2.34. The molecule has 3 rings (SSSR count). The summed E-state index contributed by atoms with van der Waals surface area (Å²) in [6.07, 6.45) is 4.76. The van der Waals surface area contributed by atoms with Gasteiger partial charge in [0.25, 0.3) is 5.91 Å². The van der Waals surface area contributed by atoms with E-state index in [1.807, 2.05) is 0 Å². The number of carbonyl (C=O) groups is 2. The fourth-order valence-electron chi connectivity index (χ4n) is 2.72.